The molecule has 0 aliphatic rings. The molecule has 3 aromatic rings. The molecule has 3 rings (SSSR count). The normalized spacial score (nSPS) is 10.9. The van der Waals surface area contributed by atoms with E-state index in [9.17, 15) is 13.6 Å². The molecule has 1 amide bonds. The quantitative estimate of drug-likeness (QED) is 0.542. The number of hydrogen-bond acceptors (Lipinski definition) is 1. The van der Waals surface area contributed by atoms with Gasteiger partial charge in [0.05, 0.1) is 0 Å². The highest BCUT2D eigenvalue weighted by atomic mass is 79.9. The first-order valence-electron chi connectivity index (χ1n) is 6.17. The van der Waals surface area contributed by atoms with Crippen LogP contribution < -0.4 is 5.32 Å². The van der Waals surface area contributed by atoms with Gasteiger partial charge in [-0.2, -0.15) is 0 Å². The predicted molar refractivity (Wildman–Crippen MR) is 88.1 cm³/mol. The molecule has 0 bridgehead atoms. The van der Waals surface area contributed by atoms with E-state index in [-0.39, 0.29) is 4.47 Å². The van der Waals surface area contributed by atoms with Crippen molar-refractivity contribution in [3.8, 4) is 0 Å². The molecule has 1 aromatic heterocycles. The van der Waals surface area contributed by atoms with Crippen LogP contribution in [0.2, 0.25) is 0 Å². The van der Waals surface area contributed by atoms with Crippen LogP contribution >= 0.6 is 31.9 Å². The van der Waals surface area contributed by atoms with Crippen molar-refractivity contribution in [1.29, 1.82) is 0 Å². The molecule has 22 heavy (non-hydrogen) atoms. The summed E-state index contributed by atoms with van der Waals surface area (Å²) in [5, 5.41) is 3.92. The zero-order valence-electron chi connectivity index (χ0n) is 10.9. The maximum absolute atomic E-state index is 13.7. The molecule has 0 atom stereocenters. The molecule has 0 fully saturated rings. The number of halogens is 4. The summed E-state index contributed by atoms with van der Waals surface area (Å²) >= 11 is 6.33. The number of nitrogens with zero attached hydrogens (tertiary/aromatic N) is 1. The number of amides is 1. The minimum atomic E-state index is -0.848. The van der Waals surface area contributed by atoms with Crippen molar-refractivity contribution in [1.82, 2.24) is 4.57 Å². The third-order valence-corrected chi connectivity index (χ3v) is 4.03. The van der Waals surface area contributed by atoms with E-state index in [0.717, 1.165) is 27.4 Å². The molecule has 3 nitrogen and oxygen atoms in total. The zero-order chi connectivity index (χ0) is 15.9. The van der Waals surface area contributed by atoms with E-state index in [2.05, 4.69) is 37.2 Å². The third kappa shape index (κ3) is 2.91. The van der Waals surface area contributed by atoms with Gasteiger partial charge in [-0.1, -0.05) is 37.9 Å². The van der Waals surface area contributed by atoms with Crippen LogP contribution in [0.3, 0.4) is 0 Å². The molecule has 2 aromatic carbocycles. The second kappa shape index (κ2) is 5.81. The van der Waals surface area contributed by atoms with Gasteiger partial charge in [0, 0.05) is 26.7 Å². The molecule has 0 aliphatic carbocycles. The summed E-state index contributed by atoms with van der Waals surface area (Å²) in [6.45, 7) is 0. The van der Waals surface area contributed by atoms with Crippen LogP contribution in [0.4, 0.5) is 19.3 Å². The van der Waals surface area contributed by atoms with Gasteiger partial charge in [0.15, 0.2) is 11.6 Å². The van der Waals surface area contributed by atoms with Crippen LogP contribution in [-0.2, 0) is 0 Å². The maximum Gasteiger partial charge on any atom is 0.330 e. The third-order valence-electron chi connectivity index (χ3n) is 3.08. The standard InChI is InChI=1S/C15H8Br2F2N2O/c16-10-2-1-8-6-21(7-9(8)3-10)15(22)20-14-12(18)4-11(17)5-13(14)19/h1-7H,(H,20,22). The van der Waals surface area contributed by atoms with Crippen molar-refractivity contribution in [2.75, 3.05) is 5.32 Å². The van der Waals surface area contributed by atoms with Crippen LogP contribution in [0.15, 0.2) is 51.7 Å². The summed E-state index contributed by atoms with van der Waals surface area (Å²) in [6.07, 6.45) is 3.18. The van der Waals surface area contributed by atoms with E-state index in [0.29, 0.717) is 0 Å². The molecular weight excluding hydrogens is 422 g/mol. The number of rotatable bonds is 1. The van der Waals surface area contributed by atoms with Gasteiger partial charge in [-0.25, -0.2) is 13.6 Å². The summed E-state index contributed by atoms with van der Waals surface area (Å²) in [4.78, 5) is 12.2. The number of carbonyl (C=O) groups excluding carboxylic acids is 1. The number of hydrogen-bond donors (Lipinski definition) is 1. The molecule has 0 aliphatic heterocycles. The lowest BCUT2D eigenvalue weighted by molar-refractivity contribution is 0.253. The second-order valence-electron chi connectivity index (χ2n) is 4.61. The number of aromatic nitrogens is 1. The van der Waals surface area contributed by atoms with Gasteiger partial charge in [0.2, 0.25) is 0 Å². The van der Waals surface area contributed by atoms with Crippen LogP contribution in [0.25, 0.3) is 10.8 Å². The Kier molecular flexibility index (Phi) is 4.01. The first-order valence-corrected chi connectivity index (χ1v) is 7.76. The molecule has 0 spiro atoms. The van der Waals surface area contributed by atoms with Gasteiger partial charge in [-0.15, -0.1) is 0 Å². The van der Waals surface area contributed by atoms with Crippen molar-refractivity contribution in [3.63, 3.8) is 0 Å². The first kappa shape index (κ1) is 15.2. The average molecular weight is 430 g/mol. The van der Waals surface area contributed by atoms with Crippen LogP contribution in [0, 0.1) is 11.6 Å². The molecule has 7 heteroatoms. The molecule has 0 saturated heterocycles. The van der Waals surface area contributed by atoms with E-state index < -0.39 is 23.4 Å². The SMILES string of the molecule is O=C(Nc1c(F)cc(Br)cc1F)n1cc2ccc(Br)cc2c1. The Morgan fingerprint density at radius 2 is 1.59 bits per heavy atom. The monoisotopic (exact) mass is 428 g/mol. The molecule has 1 N–H and O–H groups in total. The van der Waals surface area contributed by atoms with Crippen molar-refractivity contribution in [2.45, 2.75) is 0 Å². The molecular formula is C15H8Br2F2N2O. The van der Waals surface area contributed by atoms with E-state index in [1.807, 2.05) is 18.2 Å². The van der Waals surface area contributed by atoms with E-state index >= 15 is 0 Å². The van der Waals surface area contributed by atoms with Crippen molar-refractivity contribution in [3.05, 3.63) is 63.3 Å². The van der Waals surface area contributed by atoms with Crippen molar-refractivity contribution < 1.29 is 13.6 Å². The molecule has 1 heterocycles. The minimum absolute atomic E-state index is 0.261. The van der Waals surface area contributed by atoms with E-state index in [4.69, 9.17) is 0 Å². The Balaban J connectivity index is 1.93. The highest BCUT2D eigenvalue weighted by molar-refractivity contribution is 9.10. The van der Waals surface area contributed by atoms with E-state index in [1.54, 1.807) is 12.4 Å². The lowest BCUT2D eigenvalue weighted by atomic mass is 10.2. The Bertz CT molecular complexity index is 869. The lowest BCUT2D eigenvalue weighted by Crippen LogP contribution is -2.19. The van der Waals surface area contributed by atoms with Crippen LogP contribution in [0.5, 0.6) is 0 Å². The summed E-state index contributed by atoms with van der Waals surface area (Å²) in [5.41, 5.74) is -0.480. The molecule has 112 valence electrons. The number of benzene rings is 2. The Morgan fingerprint density at radius 1 is 0.955 bits per heavy atom. The lowest BCUT2D eigenvalue weighted by Gasteiger charge is -2.08. The Hall–Kier alpha value is -1.73. The highest BCUT2D eigenvalue weighted by Crippen LogP contribution is 2.25. The van der Waals surface area contributed by atoms with Crippen molar-refractivity contribution in [2.24, 2.45) is 0 Å². The average Bonchev–Trinajstić information content (AvgIpc) is 2.85. The molecule has 0 unspecified atom stereocenters. The van der Waals surface area contributed by atoms with E-state index in [1.165, 1.54) is 4.57 Å². The van der Waals surface area contributed by atoms with Crippen LogP contribution in [0.1, 0.15) is 0 Å². The molecule has 0 saturated carbocycles. The summed E-state index contributed by atoms with van der Waals surface area (Å²) < 4.78 is 29.9. The van der Waals surface area contributed by atoms with Gasteiger partial charge >= 0.3 is 6.03 Å². The smallest absolute Gasteiger partial charge is 0.302 e. The van der Waals surface area contributed by atoms with Crippen LogP contribution in [-0.4, -0.2) is 10.6 Å². The second-order valence-corrected chi connectivity index (χ2v) is 6.44. The zero-order valence-corrected chi connectivity index (χ0v) is 14.1. The summed E-state index contributed by atoms with van der Waals surface area (Å²) in [7, 11) is 0. The summed E-state index contributed by atoms with van der Waals surface area (Å²) in [5.74, 6) is -1.70. The van der Waals surface area contributed by atoms with Gasteiger partial charge in [0.25, 0.3) is 0 Å². The minimum Gasteiger partial charge on any atom is -0.302 e. The van der Waals surface area contributed by atoms with Gasteiger partial charge < -0.3 is 5.32 Å². The first-order chi connectivity index (χ1) is 10.4. The number of nitrogens with one attached hydrogen (secondary N) is 1. The Labute approximate surface area is 141 Å². The molecule has 0 radical (unpaired) electrons. The highest BCUT2D eigenvalue weighted by Gasteiger charge is 2.15. The number of carbonyl (C=O) groups is 1. The summed E-state index contributed by atoms with van der Waals surface area (Å²) in [6, 6.07) is 7.05. The number of anilines is 1. The Morgan fingerprint density at radius 3 is 2.27 bits per heavy atom. The fraction of sp³-hybridized carbons (Fsp3) is 0. The maximum atomic E-state index is 13.7. The van der Waals surface area contributed by atoms with Gasteiger partial charge in [0.1, 0.15) is 5.69 Å². The van der Waals surface area contributed by atoms with Gasteiger partial charge in [-0.3, -0.25) is 4.57 Å². The van der Waals surface area contributed by atoms with Crippen molar-refractivity contribution >= 4 is 54.4 Å². The topological polar surface area (TPSA) is 34.0 Å². The van der Waals surface area contributed by atoms with Gasteiger partial charge in [-0.05, 0) is 29.7 Å². The predicted octanol–water partition coefficient (Wildman–Crippen LogP) is 5.52. The fourth-order valence-corrected chi connectivity index (χ4v) is 2.84. The largest absolute Gasteiger partial charge is 0.330 e. The fourth-order valence-electron chi connectivity index (χ4n) is 2.06. The number of fused-ring (bicyclic) bond motifs is 1.